The van der Waals surface area contributed by atoms with Crippen molar-refractivity contribution in [3.63, 3.8) is 0 Å². The van der Waals surface area contributed by atoms with Crippen LogP contribution in [0.15, 0.2) is 52.3 Å². The highest BCUT2D eigenvalue weighted by Gasteiger charge is 2.26. The number of hydrogen-bond donors (Lipinski definition) is 1. The molecule has 0 fully saturated rings. The van der Waals surface area contributed by atoms with Crippen molar-refractivity contribution in [2.45, 2.75) is 13.5 Å². The molecule has 2 amide bonds. The van der Waals surface area contributed by atoms with Crippen molar-refractivity contribution in [3.05, 3.63) is 74.7 Å². The summed E-state index contributed by atoms with van der Waals surface area (Å²) in [4.78, 5) is 56.3. The number of benzene rings is 2. The van der Waals surface area contributed by atoms with Crippen molar-refractivity contribution in [1.82, 2.24) is 18.7 Å². The van der Waals surface area contributed by atoms with Crippen molar-refractivity contribution in [3.8, 4) is 11.5 Å². The third-order valence-electron chi connectivity index (χ3n) is 6.03. The molecule has 0 spiro atoms. The number of aromatic nitrogens is 4. The Hall–Kier alpha value is -4.67. The van der Waals surface area contributed by atoms with Gasteiger partial charge in [-0.15, -0.1) is 0 Å². The third-order valence-corrected chi connectivity index (χ3v) is 6.03. The molecular formula is C24H22N6O5. The molecule has 11 nitrogen and oxygen atoms in total. The van der Waals surface area contributed by atoms with Crippen LogP contribution in [0.3, 0.4) is 0 Å². The lowest BCUT2D eigenvalue weighted by atomic mass is 10.1. The van der Waals surface area contributed by atoms with Gasteiger partial charge in [0.1, 0.15) is 12.3 Å². The zero-order valence-corrected chi connectivity index (χ0v) is 19.5. The van der Waals surface area contributed by atoms with Crippen LogP contribution in [0.4, 0.5) is 11.4 Å². The summed E-state index contributed by atoms with van der Waals surface area (Å²) in [7, 11) is 4.54. The summed E-state index contributed by atoms with van der Waals surface area (Å²) >= 11 is 0. The summed E-state index contributed by atoms with van der Waals surface area (Å²) < 4.78 is 9.58. The number of rotatable bonds is 3. The van der Waals surface area contributed by atoms with Gasteiger partial charge in [0, 0.05) is 26.8 Å². The molecule has 35 heavy (non-hydrogen) atoms. The zero-order valence-electron chi connectivity index (χ0n) is 19.5. The number of aryl methyl sites for hydroxylation is 2. The number of fused-ring (bicyclic) bond motifs is 3. The first kappa shape index (κ1) is 22.1. The molecule has 1 N–H and O–H groups in total. The SMILES string of the molecule is Cc1ccc2c(c1)N(C)C(=O)c1cc(NC(=O)Cn3cnc4c3c(=O)n(C)c(=O)n4C)ccc1O2. The second-order valence-electron chi connectivity index (χ2n) is 8.45. The summed E-state index contributed by atoms with van der Waals surface area (Å²) in [5, 5.41) is 2.75. The lowest BCUT2D eigenvalue weighted by Crippen LogP contribution is -2.37. The van der Waals surface area contributed by atoms with Gasteiger partial charge in [-0.05, 0) is 42.8 Å². The predicted octanol–water partition coefficient (Wildman–Crippen LogP) is 1.76. The van der Waals surface area contributed by atoms with E-state index in [0.29, 0.717) is 28.4 Å². The van der Waals surface area contributed by atoms with Crippen molar-refractivity contribution < 1.29 is 14.3 Å². The maximum absolute atomic E-state index is 13.1. The van der Waals surface area contributed by atoms with Gasteiger partial charge in [0.15, 0.2) is 16.9 Å². The topological polar surface area (TPSA) is 120 Å². The number of nitrogens with zero attached hydrogens (tertiary/aromatic N) is 5. The number of amides is 2. The second kappa shape index (κ2) is 7.97. The van der Waals surface area contributed by atoms with E-state index in [1.165, 1.54) is 34.5 Å². The summed E-state index contributed by atoms with van der Waals surface area (Å²) in [5.41, 5.74) is 1.63. The number of ether oxygens (including phenoxy) is 1. The quantitative estimate of drug-likeness (QED) is 0.483. The third kappa shape index (κ3) is 3.57. The lowest BCUT2D eigenvalue weighted by Gasteiger charge is -2.16. The number of carbonyl (C=O) groups is 2. The predicted molar refractivity (Wildman–Crippen MR) is 129 cm³/mol. The Kier molecular flexibility index (Phi) is 5.04. The first-order valence-corrected chi connectivity index (χ1v) is 10.8. The highest BCUT2D eigenvalue weighted by Crippen LogP contribution is 2.39. The van der Waals surface area contributed by atoms with E-state index in [9.17, 15) is 19.2 Å². The number of hydrogen-bond acceptors (Lipinski definition) is 6. The Balaban J connectivity index is 1.43. The van der Waals surface area contributed by atoms with E-state index in [1.807, 2.05) is 25.1 Å². The normalized spacial score (nSPS) is 12.7. The molecule has 0 bridgehead atoms. The highest BCUT2D eigenvalue weighted by molar-refractivity contribution is 6.10. The van der Waals surface area contributed by atoms with E-state index < -0.39 is 17.2 Å². The Morgan fingerprint density at radius 1 is 1.00 bits per heavy atom. The fraction of sp³-hybridized carbons (Fsp3) is 0.208. The molecule has 1 aliphatic rings. The van der Waals surface area contributed by atoms with Gasteiger partial charge in [0.05, 0.1) is 17.6 Å². The van der Waals surface area contributed by atoms with Gasteiger partial charge >= 0.3 is 5.69 Å². The number of imidazole rings is 1. The first-order chi connectivity index (χ1) is 16.7. The van der Waals surface area contributed by atoms with Gasteiger partial charge < -0.3 is 19.5 Å². The van der Waals surface area contributed by atoms with Crippen LogP contribution in [0, 0.1) is 6.92 Å². The molecule has 3 heterocycles. The minimum absolute atomic E-state index is 0.143. The van der Waals surface area contributed by atoms with Gasteiger partial charge in [0.2, 0.25) is 5.91 Å². The van der Waals surface area contributed by atoms with Crippen LogP contribution in [0.2, 0.25) is 0 Å². The number of anilines is 2. The van der Waals surface area contributed by atoms with Crippen LogP contribution in [-0.4, -0.2) is 37.5 Å². The van der Waals surface area contributed by atoms with E-state index in [1.54, 1.807) is 25.2 Å². The van der Waals surface area contributed by atoms with Crippen LogP contribution in [-0.2, 0) is 25.4 Å². The Bertz CT molecular complexity index is 1660. The molecule has 0 atom stereocenters. The van der Waals surface area contributed by atoms with Crippen LogP contribution in [0.5, 0.6) is 11.5 Å². The lowest BCUT2D eigenvalue weighted by molar-refractivity contribution is -0.116. The fourth-order valence-electron chi connectivity index (χ4n) is 4.12. The smallest absolute Gasteiger partial charge is 0.332 e. The standard InChI is InChI=1S/C24H22N6O5/c1-13-5-7-18-16(9-13)27(2)22(32)15-10-14(6-8-17(15)35-18)26-19(31)11-30-12-25-21-20(30)23(33)29(4)24(34)28(21)3/h5-10,12H,11H2,1-4H3,(H,26,31). The average Bonchev–Trinajstić information content (AvgIpc) is 3.21. The Morgan fingerprint density at radius 3 is 2.51 bits per heavy atom. The monoisotopic (exact) mass is 474 g/mol. The van der Waals surface area contributed by atoms with E-state index in [-0.39, 0.29) is 23.6 Å². The van der Waals surface area contributed by atoms with Crippen molar-refractivity contribution in [2.24, 2.45) is 14.1 Å². The zero-order chi connectivity index (χ0) is 25.0. The summed E-state index contributed by atoms with van der Waals surface area (Å²) in [5.74, 6) is 0.234. The second-order valence-corrected chi connectivity index (χ2v) is 8.45. The van der Waals surface area contributed by atoms with Gasteiger partial charge in [-0.2, -0.15) is 0 Å². The summed E-state index contributed by atoms with van der Waals surface area (Å²) in [6.07, 6.45) is 1.34. The fourth-order valence-corrected chi connectivity index (χ4v) is 4.12. The minimum atomic E-state index is -0.543. The van der Waals surface area contributed by atoms with E-state index in [2.05, 4.69) is 10.3 Å². The molecule has 1 aliphatic heterocycles. The van der Waals surface area contributed by atoms with Crippen molar-refractivity contribution >= 4 is 34.4 Å². The molecule has 178 valence electrons. The molecule has 2 aromatic carbocycles. The minimum Gasteiger partial charge on any atom is -0.454 e. The van der Waals surface area contributed by atoms with Crippen molar-refractivity contribution in [2.75, 3.05) is 17.3 Å². The molecule has 0 radical (unpaired) electrons. The van der Waals surface area contributed by atoms with Crippen molar-refractivity contribution in [1.29, 1.82) is 0 Å². The van der Waals surface area contributed by atoms with E-state index >= 15 is 0 Å². The Morgan fingerprint density at radius 2 is 1.74 bits per heavy atom. The summed E-state index contributed by atoms with van der Waals surface area (Å²) in [6.45, 7) is 1.72. The number of nitrogens with one attached hydrogen (secondary N) is 1. The maximum atomic E-state index is 13.1. The van der Waals surface area contributed by atoms with Crippen LogP contribution < -0.4 is 26.2 Å². The molecule has 0 aliphatic carbocycles. The molecule has 4 aromatic rings. The van der Waals surface area contributed by atoms with Crippen LogP contribution in [0.25, 0.3) is 11.2 Å². The van der Waals surface area contributed by atoms with E-state index in [4.69, 9.17) is 4.74 Å². The molecular weight excluding hydrogens is 452 g/mol. The molecule has 0 unspecified atom stereocenters. The summed E-state index contributed by atoms with van der Waals surface area (Å²) in [6, 6.07) is 10.4. The Labute approximate surface area is 198 Å². The van der Waals surface area contributed by atoms with Crippen LogP contribution >= 0.6 is 0 Å². The van der Waals surface area contributed by atoms with E-state index in [0.717, 1.165) is 10.1 Å². The molecule has 11 heteroatoms. The van der Waals surface area contributed by atoms with Gasteiger partial charge in [-0.1, -0.05) is 6.07 Å². The maximum Gasteiger partial charge on any atom is 0.332 e. The van der Waals surface area contributed by atoms with Gasteiger partial charge in [-0.3, -0.25) is 23.5 Å². The highest BCUT2D eigenvalue weighted by atomic mass is 16.5. The first-order valence-electron chi connectivity index (χ1n) is 10.8. The largest absolute Gasteiger partial charge is 0.454 e. The molecule has 5 rings (SSSR count). The molecule has 0 saturated heterocycles. The van der Waals surface area contributed by atoms with Gasteiger partial charge in [0.25, 0.3) is 11.5 Å². The average molecular weight is 474 g/mol. The van der Waals surface area contributed by atoms with Crippen LogP contribution in [0.1, 0.15) is 15.9 Å². The molecule has 2 aromatic heterocycles. The number of carbonyl (C=O) groups excluding carboxylic acids is 2. The molecule has 0 saturated carbocycles. The van der Waals surface area contributed by atoms with Gasteiger partial charge in [-0.25, -0.2) is 9.78 Å².